The highest BCUT2D eigenvalue weighted by atomic mass is 32.2. The molecule has 4 rings (SSSR count). The zero-order valence-electron chi connectivity index (χ0n) is 15.5. The van der Waals surface area contributed by atoms with E-state index in [9.17, 15) is 9.59 Å². The number of fused-ring (bicyclic) bond motifs is 1. The monoisotopic (exact) mass is 423 g/mol. The van der Waals surface area contributed by atoms with Gasteiger partial charge in [0.15, 0.2) is 11.4 Å². The molecule has 0 saturated heterocycles. The van der Waals surface area contributed by atoms with Gasteiger partial charge in [0.1, 0.15) is 11.4 Å². The number of amides is 1. The molecule has 0 atom stereocenters. The quantitative estimate of drug-likeness (QED) is 0.279. The molecule has 0 bridgehead atoms. The van der Waals surface area contributed by atoms with Crippen molar-refractivity contribution in [3.05, 3.63) is 70.3 Å². The number of rotatable bonds is 7. The Balaban J connectivity index is 1.35. The molecular formula is C20H17N5O2S2. The van der Waals surface area contributed by atoms with Gasteiger partial charge in [0.05, 0.1) is 28.8 Å². The van der Waals surface area contributed by atoms with Crippen molar-refractivity contribution in [1.82, 2.24) is 25.1 Å². The lowest BCUT2D eigenvalue weighted by atomic mass is 10.2. The number of aromatic nitrogens is 4. The predicted molar refractivity (Wildman–Crippen MR) is 113 cm³/mol. The third-order valence-electron chi connectivity index (χ3n) is 4.23. The summed E-state index contributed by atoms with van der Waals surface area (Å²) in [6, 6.07) is 12.7. The number of hydrogen-bond acceptors (Lipinski definition) is 7. The van der Waals surface area contributed by atoms with Crippen molar-refractivity contribution in [2.45, 2.75) is 11.6 Å². The number of thiophene rings is 1. The lowest BCUT2D eigenvalue weighted by molar-refractivity contribution is 0.0950. The summed E-state index contributed by atoms with van der Waals surface area (Å²) in [4.78, 5) is 34.8. The lowest BCUT2D eigenvalue weighted by Crippen LogP contribution is -2.22. The first-order chi connectivity index (χ1) is 14.1. The Labute approximate surface area is 175 Å². The van der Waals surface area contributed by atoms with Crippen molar-refractivity contribution in [2.75, 3.05) is 5.75 Å². The SMILES string of the molecule is Cn1ncc2c(SCC(=O)c3ccc(CNC(=O)c4ccccc4)s3)ncnc21. The van der Waals surface area contributed by atoms with Crippen molar-refractivity contribution < 1.29 is 9.59 Å². The van der Waals surface area contributed by atoms with Gasteiger partial charge < -0.3 is 5.32 Å². The normalized spacial score (nSPS) is 10.9. The number of aryl methyl sites for hydroxylation is 1. The summed E-state index contributed by atoms with van der Waals surface area (Å²) in [5, 5.41) is 8.64. The van der Waals surface area contributed by atoms with Crippen LogP contribution in [-0.2, 0) is 13.6 Å². The summed E-state index contributed by atoms with van der Waals surface area (Å²) in [5.41, 5.74) is 1.35. The van der Waals surface area contributed by atoms with E-state index in [1.165, 1.54) is 29.4 Å². The van der Waals surface area contributed by atoms with E-state index in [1.807, 2.05) is 31.3 Å². The molecule has 29 heavy (non-hydrogen) atoms. The number of ketones is 1. The van der Waals surface area contributed by atoms with E-state index in [1.54, 1.807) is 29.1 Å². The Hall–Kier alpha value is -3.04. The molecule has 0 fully saturated rings. The number of carbonyl (C=O) groups is 2. The summed E-state index contributed by atoms with van der Waals surface area (Å²) in [6.07, 6.45) is 3.19. The van der Waals surface area contributed by atoms with Crippen LogP contribution >= 0.6 is 23.1 Å². The first kappa shape index (κ1) is 19.3. The molecule has 0 unspecified atom stereocenters. The van der Waals surface area contributed by atoms with Gasteiger partial charge in [-0.15, -0.1) is 11.3 Å². The molecule has 3 heterocycles. The van der Waals surface area contributed by atoms with Gasteiger partial charge in [0.25, 0.3) is 5.91 Å². The van der Waals surface area contributed by atoms with Crippen LogP contribution in [0, 0.1) is 0 Å². The van der Waals surface area contributed by atoms with Crippen molar-refractivity contribution in [1.29, 1.82) is 0 Å². The second kappa shape index (κ2) is 8.54. The second-order valence-corrected chi connectivity index (χ2v) is 8.34. The van der Waals surface area contributed by atoms with Crippen molar-refractivity contribution in [3.63, 3.8) is 0 Å². The minimum Gasteiger partial charge on any atom is -0.347 e. The van der Waals surface area contributed by atoms with Gasteiger partial charge in [-0.05, 0) is 24.3 Å². The first-order valence-corrected chi connectivity index (χ1v) is 10.6. The van der Waals surface area contributed by atoms with Gasteiger partial charge in [0, 0.05) is 17.5 Å². The summed E-state index contributed by atoms with van der Waals surface area (Å²) in [6.45, 7) is 0.390. The standard InChI is InChI=1S/C20H17N5O2S2/c1-25-18-15(10-24-25)20(23-12-22-18)28-11-16(26)17-8-7-14(29-17)9-21-19(27)13-5-3-2-4-6-13/h2-8,10,12H,9,11H2,1H3,(H,21,27). The Morgan fingerprint density at radius 1 is 1.14 bits per heavy atom. The van der Waals surface area contributed by atoms with E-state index in [4.69, 9.17) is 0 Å². The van der Waals surface area contributed by atoms with Crippen LogP contribution in [0.4, 0.5) is 0 Å². The van der Waals surface area contributed by atoms with E-state index >= 15 is 0 Å². The molecule has 1 aromatic carbocycles. The zero-order valence-corrected chi connectivity index (χ0v) is 17.2. The highest BCUT2D eigenvalue weighted by Crippen LogP contribution is 2.26. The number of benzene rings is 1. The van der Waals surface area contributed by atoms with Crippen LogP contribution in [0.15, 0.2) is 60.0 Å². The van der Waals surface area contributed by atoms with Crippen molar-refractivity contribution in [2.24, 2.45) is 7.05 Å². The molecule has 0 spiro atoms. The number of nitrogens with one attached hydrogen (secondary N) is 1. The first-order valence-electron chi connectivity index (χ1n) is 8.82. The smallest absolute Gasteiger partial charge is 0.251 e. The molecule has 1 amide bonds. The summed E-state index contributed by atoms with van der Waals surface area (Å²) in [7, 11) is 1.82. The maximum absolute atomic E-state index is 12.6. The molecule has 146 valence electrons. The predicted octanol–water partition coefficient (Wildman–Crippen LogP) is 3.33. The van der Waals surface area contributed by atoms with E-state index in [0.29, 0.717) is 17.0 Å². The molecule has 9 heteroatoms. The summed E-state index contributed by atoms with van der Waals surface area (Å²) < 4.78 is 1.68. The van der Waals surface area contributed by atoms with E-state index in [-0.39, 0.29) is 17.4 Å². The Morgan fingerprint density at radius 2 is 1.97 bits per heavy atom. The van der Waals surface area contributed by atoms with E-state index in [0.717, 1.165) is 20.9 Å². The highest BCUT2D eigenvalue weighted by Gasteiger charge is 2.14. The fourth-order valence-corrected chi connectivity index (χ4v) is 4.56. The number of thioether (sulfide) groups is 1. The van der Waals surface area contributed by atoms with Crippen LogP contribution in [0.5, 0.6) is 0 Å². The second-order valence-electron chi connectivity index (χ2n) is 6.21. The molecule has 0 saturated carbocycles. The Bertz CT molecular complexity index is 1170. The number of hydrogen-bond donors (Lipinski definition) is 1. The molecule has 0 radical (unpaired) electrons. The fourth-order valence-electron chi connectivity index (χ4n) is 2.74. The van der Waals surface area contributed by atoms with Crippen molar-refractivity contribution >= 4 is 45.8 Å². The molecule has 0 aliphatic rings. The molecule has 0 aliphatic heterocycles. The van der Waals surface area contributed by atoms with Crippen LogP contribution in [0.2, 0.25) is 0 Å². The molecular weight excluding hydrogens is 406 g/mol. The van der Waals surface area contributed by atoms with E-state index in [2.05, 4.69) is 20.4 Å². The lowest BCUT2D eigenvalue weighted by Gasteiger charge is -2.03. The average Bonchev–Trinajstić information content (AvgIpc) is 3.38. The zero-order chi connectivity index (χ0) is 20.2. The van der Waals surface area contributed by atoms with Gasteiger partial charge in [-0.3, -0.25) is 14.3 Å². The minimum atomic E-state index is -0.133. The molecule has 0 aliphatic carbocycles. The van der Waals surface area contributed by atoms with Crippen LogP contribution in [-0.4, -0.2) is 37.2 Å². The number of Topliss-reactive ketones (excluding diaryl/α,β-unsaturated/α-hetero) is 1. The van der Waals surface area contributed by atoms with E-state index < -0.39 is 0 Å². The summed E-state index contributed by atoms with van der Waals surface area (Å²) in [5.74, 6) is 0.167. The fraction of sp³-hybridized carbons (Fsp3) is 0.150. The highest BCUT2D eigenvalue weighted by molar-refractivity contribution is 8.00. The third kappa shape index (κ3) is 4.36. The van der Waals surface area contributed by atoms with Gasteiger partial charge in [-0.1, -0.05) is 30.0 Å². The van der Waals surface area contributed by atoms with Gasteiger partial charge in [-0.2, -0.15) is 5.10 Å². The third-order valence-corrected chi connectivity index (χ3v) is 6.36. The maximum atomic E-state index is 12.6. The average molecular weight is 424 g/mol. The molecule has 7 nitrogen and oxygen atoms in total. The molecule has 1 N–H and O–H groups in total. The van der Waals surface area contributed by atoms with Gasteiger partial charge >= 0.3 is 0 Å². The Morgan fingerprint density at radius 3 is 2.79 bits per heavy atom. The minimum absolute atomic E-state index is 0.0243. The van der Waals surface area contributed by atoms with Crippen molar-refractivity contribution in [3.8, 4) is 0 Å². The van der Waals surface area contributed by atoms with Gasteiger partial charge in [0.2, 0.25) is 0 Å². The number of nitrogens with zero attached hydrogens (tertiary/aromatic N) is 4. The molecule has 4 aromatic rings. The van der Waals surface area contributed by atoms with Crippen LogP contribution < -0.4 is 5.32 Å². The van der Waals surface area contributed by atoms with Crippen LogP contribution in [0.3, 0.4) is 0 Å². The number of carbonyl (C=O) groups excluding carboxylic acids is 2. The van der Waals surface area contributed by atoms with Crippen LogP contribution in [0.1, 0.15) is 24.9 Å². The van der Waals surface area contributed by atoms with Crippen LogP contribution in [0.25, 0.3) is 11.0 Å². The maximum Gasteiger partial charge on any atom is 0.251 e. The Kier molecular flexibility index (Phi) is 5.68. The van der Waals surface area contributed by atoms with Gasteiger partial charge in [-0.25, -0.2) is 9.97 Å². The largest absolute Gasteiger partial charge is 0.347 e. The molecule has 3 aromatic heterocycles. The topological polar surface area (TPSA) is 89.8 Å². The summed E-state index contributed by atoms with van der Waals surface area (Å²) >= 11 is 2.77.